The summed E-state index contributed by atoms with van der Waals surface area (Å²) in [5, 5.41) is 12.7. The number of amides is 1. The zero-order valence-corrected chi connectivity index (χ0v) is 14.7. The zero-order chi connectivity index (χ0) is 15.6. The molecule has 0 N–H and O–H groups in total. The van der Waals surface area contributed by atoms with Crippen LogP contribution in [0.4, 0.5) is 4.79 Å². The number of carbonyl (C=O) groups is 1. The first-order valence-corrected chi connectivity index (χ1v) is 8.51. The van der Waals surface area contributed by atoms with E-state index in [0.717, 1.165) is 0 Å². The maximum Gasteiger partial charge on any atom is 0.445 e. The largest absolute Gasteiger partial charge is 0.445 e. The van der Waals surface area contributed by atoms with Crippen LogP contribution in [0.25, 0.3) is 0 Å². The van der Waals surface area contributed by atoms with Crippen molar-refractivity contribution in [2.24, 2.45) is 5.16 Å². The summed E-state index contributed by atoms with van der Waals surface area (Å²) in [6.45, 7) is 3.57. The van der Waals surface area contributed by atoms with Gasteiger partial charge >= 0.3 is 6.09 Å². The second kappa shape index (κ2) is 10.4. The number of rotatable bonds is 7. The third-order valence-electron chi connectivity index (χ3n) is 1.96. The van der Waals surface area contributed by atoms with Crippen molar-refractivity contribution in [2.75, 3.05) is 24.6 Å². The van der Waals surface area contributed by atoms with E-state index < -0.39 is 10.8 Å². The maximum atomic E-state index is 11.7. The lowest BCUT2D eigenvalue weighted by molar-refractivity contribution is 0.137. The van der Waals surface area contributed by atoms with Crippen LogP contribution >= 0.6 is 46.9 Å². The lowest BCUT2D eigenvalue weighted by atomic mass is 10.2. The number of alkyl halides is 2. The predicted octanol–water partition coefficient (Wildman–Crippen LogP) is 3.92. The van der Waals surface area contributed by atoms with E-state index in [2.05, 4.69) is 5.16 Å². The van der Waals surface area contributed by atoms with Crippen LogP contribution in [0.3, 0.4) is 0 Å². The molecule has 0 spiro atoms. The van der Waals surface area contributed by atoms with Crippen molar-refractivity contribution in [1.29, 1.82) is 5.26 Å². The molecule has 114 valence electrons. The summed E-state index contributed by atoms with van der Waals surface area (Å²) < 4.78 is 0.860. The van der Waals surface area contributed by atoms with Gasteiger partial charge in [-0.1, -0.05) is 5.16 Å². The van der Waals surface area contributed by atoms with Gasteiger partial charge in [0.2, 0.25) is 0 Å². The number of hydrogen-bond donors (Lipinski definition) is 0. The standard InChI is InChI=1S/C11H17Cl2N3O2S2/c1-9(19-6-4-5-14)15-18-10(17)16(3)20-11(2,7-12)8-13/h4,6-8H2,1-3H3. The van der Waals surface area contributed by atoms with Crippen molar-refractivity contribution in [1.82, 2.24) is 4.31 Å². The molecule has 1 amide bonds. The number of nitriles is 1. The Morgan fingerprint density at radius 2 is 2.10 bits per heavy atom. The molecule has 0 saturated heterocycles. The van der Waals surface area contributed by atoms with Gasteiger partial charge in [-0.15, -0.1) is 35.0 Å². The van der Waals surface area contributed by atoms with Gasteiger partial charge in [0.25, 0.3) is 0 Å². The third-order valence-corrected chi connectivity index (χ3v) is 5.51. The molecule has 0 aliphatic heterocycles. The van der Waals surface area contributed by atoms with Gasteiger partial charge in [-0.2, -0.15) is 5.26 Å². The van der Waals surface area contributed by atoms with E-state index in [1.54, 1.807) is 14.0 Å². The molecule has 5 nitrogen and oxygen atoms in total. The van der Waals surface area contributed by atoms with Crippen LogP contribution in [0.2, 0.25) is 0 Å². The highest BCUT2D eigenvalue weighted by molar-refractivity contribution is 8.13. The summed E-state index contributed by atoms with van der Waals surface area (Å²) in [6.07, 6.45) is -0.179. The minimum absolute atomic E-state index is 0.311. The Hall–Kier alpha value is -0.290. The van der Waals surface area contributed by atoms with E-state index in [-0.39, 0.29) is 0 Å². The number of thioether (sulfide) groups is 1. The normalized spacial score (nSPS) is 11.9. The minimum atomic E-state index is -0.600. The summed E-state index contributed by atoms with van der Waals surface area (Å²) in [4.78, 5) is 16.5. The smallest absolute Gasteiger partial charge is 0.296 e. The minimum Gasteiger partial charge on any atom is -0.296 e. The molecule has 0 aromatic heterocycles. The van der Waals surface area contributed by atoms with Gasteiger partial charge in [0.05, 0.1) is 10.8 Å². The second-order valence-electron chi connectivity index (χ2n) is 4.03. The molecule has 0 fully saturated rings. The van der Waals surface area contributed by atoms with Crippen LogP contribution in [0.1, 0.15) is 20.3 Å². The lowest BCUT2D eigenvalue weighted by Crippen LogP contribution is -2.32. The van der Waals surface area contributed by atoms with Gasteiger partial charge in [0, 0.05) is 31.0 Å². The van der Waals surface area contributed by atoms with E-state index in [1.807, 2.05) is 13.0 Å². The number of halogens is 2. The van der Waals surface area contributed by atoms with E-state index in [1.165, 1.54) is 28.0 Å². The Kier molecular flexibility index (Phi) is 10.3. The van der Waals surface area contributed by atoms with Crippen LogP contribution in [0.15, 0.2) is 5.16 Å². The highest BCUT2D eigenvalue weighted by Gasteiger charge is 2.28. The first-order chi connectivity index (χ1) is 9.38. The van der Waals surface area contributed by atoms with Crippen LogP contribution < -0.4 is 0 Å². The number of carbonyl (C=O) groups excluding carboxylic acids is 1. The predicted molar refractivity (Wildman–Crippen MR) is 87.5 cm³/mol. The fourth-order valence-electron chi connectivity index (χ4n) is 0.884. The van der Waals surface area contributed by atoms with Gasteiger partial charge in [0.15, 0.2) is 0 Å². The molecule has 0 aromatic carbocycles. The Morgan fingerprint density at radius 1 is 1.50 bits per heavy atom. The Balaban J connectivity index is 4.26. The van der Waals surface area contributed by atoms with Gasteiger partial charge in [-0.25, -0.2) is 4.79 Å². The van der Waals surface area contributed by atoms with Crippen molar-refractivity contribution in [2.45, 2.75) is 25.0 Å². The average Bonchev–Trinajstić information content (AvgIpc) is 2.44. The number of nitrogens with zero attached hydrogens (tertiary/aromatic N) is 3. The molecule has 0 unspecified atom stereocenters. The van der Waals surface area contributed by atoms with Crippen molar-refractivity contribution in [3.63, 3.8) is 0 Å². The van der Waals surface area contributed by atoms with Gasteiger partial charge in [-0.3, -0.25) is 9.14 Å². The zero-order valence-electron chi connectivity index (χ0n) is 11.6. The fourth-order valence-corrected chi connectivity index (χ4v) is 2.91. The number of hydrogen-bond acceptors (Lipinski definition) is 6. The van der Waals surface area contributed by atoms with E-state index in [0.29, 0.717) is 29.0 Å². The highest BCUT2D eigenvalue weighted by atomic mass is 35.5. The molecule has 9 heteroatoms. The maximum absolute atomic E-state index is 11.7. The van der Waals surface area contributed by atoms with Gasteiger partial charge < -0.3 is 0 Å². The van der Waals surface area contributed by atoms with Crippen LogP contribution in [0.5, 0.6) is 0 Å². The lowest BCUT2D eigenvalue weighted by Gasteiger charge is -2.27. The van der Waals surface area contributed by atoms with Crippen LogP contribution in [-0.2, 0) is 4.84 Å². The quantitative estimate of drug-likeness (QED) is 0.131. The van der Waals surface area contributed by atoms with Crippen molar-refractivity contribution in [3.8, 4) is 6.07 Å². The summed E-state index contributed by atoms with van der Waals surface area (Å²) in [7, 11) is 1.57. The fraction of sp³-hybridized carbons (Fsp3) is 0.727. The number of oxime groups is 1. The molecule has 0 atom stereocenters. The third kappa shape index (κ3) is 8.10. The van der Waals surface area contributed by atoms with Crippen molar-refractivity contribution < 1.29 is 9.63 Å². The molecule has 0 bridgehead atoms. The Labute approximate surface area is 138 Å². The summed E-state index contributed by atoms with van der Waals surface area (Å²) in [5.74, 6) is 1.24. The molecule has 20 heavy (non-hydrogen) atoms. The van der Waals surface area contributed by atoms with Crippen molar-refractivity contribution in [3.05, 3.63) is 0 Å². The second-order valence-corrected chi connectivity index (χ2v) is 7.57. The van der Waals surface area contributed by atoms with Crippen LogP contribution in [0, 0.1) is 11.3 Å². The first-order valence-electron chi connectivity index (χ1n) is 5.68. The Bertz CT molecular complexity index is 384. The molecule has 0 heterocycles. The van der Waals surface area contributed by atoms with E-state index in [9.17, 15) is 4.79 Å². The first kappa shape index (κ1) is 19.7. The van der Waals surface area contributed by atoms with Crippen molar-refractivity contribution >= 4 is 58.0 Å². The van der Waals surface area contributed by atoms with E-state index >= 15 is 0 Å². The summed E-state index contributed by atoms with van der Waals surface area (Å²) in [6, 6.07) is 2.02. The molecule has 0 radical (unpaired) electrons. The Morgan fingerprint density at radius 3 is 2.60 bits per heavy atom. The molecule has 0 rings (SSSR count). The van der Waals surface area contributed by atoms with Crippen LogP contribution in [-0.4, -0.2) is 44.7 Å². The molecule has 0 saturated carbocycles. The van der Waals surface area contributed by atoms with E-state index in [4.69, 9.17) is 33.3 Å². The van der Waals surface area contributed by atoms with Gasteiger partial charge in [-0.05, 0) is 25.8 Å². The highest BCUT2D eigenvalue weighted by Crippen LogP contribution is 2.30. The molecular formula is C11H17Cl2N3O2S2. The summed E-state index contributed by atoms with van der Waals surface area (Å²) >= 11 is 14.2. The molecule has 0 aromatic rings. The monoisotopic (exact) mass is 357 g/mol. The molecular weight excluding hydrogens is 341 g/mol. The summed E-state index contributed by atoms with van der Waals surface area (Å²) in [5.41, 5.74) is 0. The topological polar surface area (TPSA) is 65.7 Å². The molecule has 0 aliphatic carbocycles. The average molecular weight is 358 g/mol. The SMILES string of the molecule is CC(=NOC(=O)N(C)SC(C)(CCl)CCl)SCCC#N. The van der Waals surface area contributed by atoms with Gasteiger partial charge in [0.1, 0.15) is 5.04 Å². The molecule has 0 aliphatic rings.